The SMILES string of the molecule is Cc1cc(C(C)(C)Nc2cccc(CN3CC(C(=O)O)C3)c2)ccc1Cl. The Balaban J connectivity index is 1.68. The van der Waals surface area contributed by atoms with Crippen molar-refractivity contribution in [3.8, 4) is 0 Å². The van der Waals surface area contributed by atoms with E-state index in [0.717, 1.165) is 22.8 Å². The summed E-state index contributed by atoms with van der Waals surface area (Å²) in [5.41, 5.74) is 4.24. The van der Waals surface area contributed by atoms with Crippen LogP contribution in [0.5, 0.6) is 0 Å². The molecule has 4 nitrogen and oxygen atoms in total. The van der Waals surface area contributed by atoms with Gasteiger partial charge in [0.05, 0.1) is 11.5 Å². The highest BCUT2D eigenvalue weighted by atomic mass is 35.5. The Morgan fingerprint density at radius 1 is 1.27 bits per heavy atom. The van der Waals surface area contributed by atoms with E-state index >= 15 is 0 Å². The molecule has 2 aromatic rings. The Morgan fingerprint density at radius 3 is 2.65 bits per heavy atom. The molecule has 0 unspecified atom stereocenters. The van der Waals surface area contributed by atoms with Crippen LogP contribution in [0.1, 0.15) is 30.5 Å². The van der Waals surface area contributed by atoms with Crippen LogP contribution in [-0.2, 0) is 16.9 Å². The lowest BCUT2D eigenvalue weighted by Crippen LogP contribution is -2.49. The number of aliphatic carboxylic acids is 1. The van der Waals surface area contributed by atoms with E-state index in [2.05, 4.69) is 54.4 Å². The van der Waals surface area contributed by atoms with Gasteiger partial charge in [0.25, 0.3) is 0 Å². The van der Waals surface area contributed by atoms with Crippen LogP contribution in [0, 0.1) is 12.8 Å². The van der Waals surface area contributed by atoms with Crippen LogP contribution in [0.2, 0.25) is 5.02 Å². The summed E-state index contributed by atoms with van der Waals surface area (Å²) in [5, 5.41) is 13.4. The van der Waals surface area contributed by atoms with Gasteiger partial charge in [0.1, 0.15) is 0 Å². The van der Waals surface area contributed by atoms with Crippen LogP contribution >= 0.6 is 11.6 Å². The lowest BCUT2D eigenvalue weighted by Gasteiger charge is -2.36. The van der Waals surface area contributed by atoms with Crippen molar-refractivity contribution in [2.45, 2.75) is 32.9 Å². The molecule has 1 saturated heterocycles. The second kappa shape index (κ2) is 7.29. The van der Waals surface area contributed by atoms with Crippen molar-refractivity contribution in [3.05, 3.63) is 64.2 Å². The van der Waals surface area contributed by atoms with E-state index in [1.807, 2.05) is 19.1 Å². The first-order valence-electron chi connectivity index (χ1n) is 8.83. The van der Waals surface area contributed by atoms with Crippen LogP contribution in [0.25, 0.3) is 0 Å². The Hall–Kier alpha value is -2.04. The van der Waals surface area contributed by atoms with E-state index in [1.165, 1.54) is 11.1 Å². The fraction of sp³-hybridized carbons (Fsp3) is 0.381. The van der Waals surface area contributed by atoms with Gasteiger partial charge in [0, 0.05) is 30.3 Å². The van der Waals surface area contributed by atoms with Crippen LogP contribution in [0.3, 0.4) is 0 Å². The standard InChI is InChI=1S/C21H25ClN2O2/c1-14-9-17(7-8-19(14)22)21(2,3)23-18-6-4-5-15(10-18)11-24-12-16(13-24)20(25)26/h4-10,16,23H,11-13H2,1-3H3,(H,25,26). The maximum Gasteiger partial charge on any atom is 0.309 e. The molecule has 1 aliphatic rings. The van der Waals surface area contributed by atoms with Crippen molar-refractivity contribution in [3.63, 3.8) is 0 Å². The van der Waals surface area contributed by atoms with Gasteiger partial charge in [-0.3, -0.25) is 9.69 Å². The van der Waals surface area contributed by atoms with E-state index in [1.54, 1.807) is 0 Å². The van der Waals surface area contributed by atoms with Crippen LogP contribution in [0.15, 0.2) is 42.5 Å². The molecule has 26 heavy (non-hydrogen) atoms. The number of carbonyl (C=O) groups is 1. The maximum absolute atomic E-state index is 10.9. The van der Waals surface area contributed by atoms with Gasteiger partial charge < -0.3 is 10.4 Å². The number of nitrogens with one attached hydrogen (secondary N) is 1. The van der Waals surface area contributed by atoms with Gasteiger partial charge in [0.15, 0.2) is 0 Å². The summed E-state index contributed by atoms with van der Waals surface area (Å²) in [5.74, 6) is -0.917. The molecule has 0 saturated carbocycles. The number of carboxylic acid groups (broad SMARTS) is 1. The maximum atomic E-state index is 10.9. The van der Waals surface area contributed by atoms with Gasteiger partial charge in [-0.2, -0.15) is 0 Å². The van der Waals surface area contributed by atoms with E-state index in [0.29, 0.717) is 13.1 Å². The van der Waals surface area contributed by atoms with Crippen molar-refractivity contribution in [1.82, 2.24) is 4.90 Å². The van der Waals surface area contributed by atoms with Crippen molar-refractivity contribution < 1.29 is 9.90 Å². The third kappa shape index (κ3) is 4.19. The third-order valence-electron chi connectivity index (χ3n) is 4.98. The number of aryl methyl sites for hydroxylation is 1. The fourth-order valence-electron chi connectivity index (χ4n) is 3.33. The van der Waals surface area contributed by atoms with Gasteiger partial charge >= 0.3 is 5.97 Å². The highest BCUT2D eigenvalue weighted by molar-refractivity contribution is 6.31. The minimum Gasteiger partial charge on any atom is -0.481 e. The number of anilines is 1. The summed E-state index contributed by atoms with van der Waals surface area (Å²) in [4.78, 5) is 13.1. The number of hydrogen-bond donors (Lipinski definition) is 2. The summed E-state index contributed by atoms with van der Waals surface area (Å²) in [6.45, 7) is 8.34. The molecule has 0 bridgehead atoms. The van der Waals surface area contributed by atoms with E-state index in [4.69, 9.17) is 16.7 Å². The fourth-order valence-corrected chi connectivity index (χ4v) is 3.44. The summed E-state index contributed by atoms with van der Waals surface area (Å²) < 4.78 is 0. The van der Waals surface area contributed by atoms with Gasteiger partial charge in [-0.25, -0.2) is 0 Å². The summed E-state index contributed by atoms with van der Waals surface area (Å²) >= 11 is 6.15. The number of rotatable bonds is 6. The highest BCUT2D eigenvalue weighted by Gasteiger charge is 2.32. The lowest BCUT2D eigenvalue weighted by atomic mass is 9.92. The Bertz CT molecular complexity index is 813. The van der Waals surface area contributed by atoms with Crippen molar-refractivity contribution in [1.29, 1.82) is 0 Å². The van der Waals surface area contributed by atoms with E-state index in [-0.39, 0.29) is 11.5 Å². The molecule has 1 aliphatic heterocycles. The number of benzene rings is 2. The largest absolute Gasteiger partial charge is 0.481 e. The van der Waals surface area contributed by atoms with Gasteiger partial charge in [-0.05, 0) is 55.7 Å². The predicted molar refractivity (Wildman–Crippen MR) is 106 cm³/mol. The molecule has 0 radical (unpaired) electrons. The molecule has 3 rings (SSSR count). The Morgan fingerprint density at radius 2 is 2.00 bits per heavy atom. The molecule has 0 aromatic heterocycles. The minimum absolute atomic E-state index is 0.219. The summed E-state index contributed by atoms with van der Waals surface area (Å²) in [6, 6.07) is 14.4. The average molecular weight is 373 g/mol. The van der Waals surface area contributed by atoms with Crippen molar-refractivity contribution >= 4 is 23.3 Å². The number of halogens is 1. The summed E-state index contributed by atoms with van der Waals surface area (Å²) in [7, 11) is 0. The molecular weight excluding hydrogens is 348 g/mol. The van der Waals surface area contributed by atoms with Gasteiger partial charge in [-0.15, -0.1) is 0 Å². The predicted octanol–water partition coefficient (Wildman–Crippen LogP) is 4.51. The zero-order valence-corrected chi connectivity index (χ0v) is 16.2. The normalized spacial score (nSPS) is 15.5. The molecule has 0 aliphatic carbocycles. The first-order valence-corrected chi connectivity index (χ1v) is 9.21. The second-order valence-corrected chi connectivity index (χ2v) is 8.05. The molecule has 0 spiro atoms. The molecule has 1 fully saturated rings. The number of hydrogen-bond acceptors (Lipinski definition) is 3. The molecule has 138 valence electrons. The molecule has 5 heteroatoms. The number of nitrogens with zero attached hydrogens (tertiary/aromatic N) is 1. The number of carboxylic acids is 1. The van der Waals surface area contributed by atoms with Crippen LogP contribution < -0.4 is 5.32 Å². The molecule has 2 aromatic carbocycles. The smallest absolute Gasteiger partial charge is 0.309 e. The second-order valence-electron chi connectivity index (χ2n) is 7.64. The van der Waals surface area contributed by atoms with Gasteiger partial charge in [0.2, 0.25) is 0 Å². The monoisotopic (exact) mass is 372 g/mol. The first-order chi connectivity index (χ1) is 12.2. The third-order valence-corrected chi connectivity index (χ3v) is 5.40. The zero-order chi connectivity index (χ0) is 18.9. The Kier molecular flexibility index (Phi) is 5.26. The lowest BCUT2D eigenvalue weighted by molar-refractivity contribution is -0.147. The highest BCUT2D eigenvalue weighted by Crippen LogP contribution is 2.29. The molecular formula is C21H25ClN2O2. The number of likely N-dealkylation sites (tertiary alicyclic amines) is 1. The minimum atomic E-state index is -0.698. The first kappa shape index (κ1) is 18.7. The molecule has 0 amide bonds. The molecule has 2 N–H and O–H groups in total. The average Bonchev–Trinajstić information content (AvgIpc) is 2.52. The molecule has 1 heterocycles. The topological polar surface area (TPSA) is 52.6 Å². The zero-order valence-electron chi connectivity index (χ0n) is 15.4. The van der Waals surface area contributed by atoms with Crippen LogP contribution in [-0.4, -0.2) is 29.1 Å². The molecule has 0 atom stereocenters. The van der Waals surface area contributed by atoms with E-state index < -0.39 is 5.97 Å². The van der Waals surface area contributed by atoms with Crippen LogP contribution in [0.4, 0.5) is 5.69 Å². The van der Waals surface area contributed by atoms with Crippen molar-refractivity contribution in [2.75, 3.05) is 18.4 Å². The van der Waals surface area contributed by atoms with E-state index in [9.17, 15) is 4.79 Å². The Labute approximate surface area is 159 Å². The quantitative estimate of drug-likeness (QED) is 0.783. The van der Waals surface area contributed by atoms with Gasteiger partial charge in [-0.1, -0.05) is 35.9 Å². The summed E-state index contributed by atoms with van der Waals surface area (Å²) in [6.07, 6.45) is 0. The van der Waals surface area contributed by atoms with Crippen molar-refractivity contribution in [2.24, 2.45) is 5.92 Å².